The standard InChI is InChI=1S/C38H45NO4/c1-2-16-43-35-15-9-27(20-32(37(41)42)10-8-26-6-4-3-5-7-26)21-33(35)25-39-36(40)31-11-13-34(14-12-31)38-22-28-17-29(23-38)19-30(18-28)24-38/h3-7,9,11-15,21,28-30,32H,2,8,10,16-20,22-25H2,1H3,(H,39,40)(H,41,42)/t28?,29?,30?,32-,38?/m1/s1. The van der Waals surface area contributed by atoms with E-state index in [1.807, 2.05) is 60.7 Å². The third-order valence-corrected chi connectivity index (χ3v) is 10.3. The minimum atomic E-state index is -0.783. The first-order valence-electron chi connectivity index (χ1n) is 16.3. The molecule has 0 unspecified atom stereocenters. The third kappa shape index (κ3) is 6.82. The first kappa shape index (κ1) is 29.5. The van der Waals surface area contributed by atoms with Crippen LogP contribution in [-0.2, 0) is 29.6 Å². The number of ether oxygens (including phenoxy) is 1. The Bertz CT molecular complexity index is 1380. The van der Waals surface area contributed by atoms with Gasteiger partial charge in [0.05, 0.1) is 12.5 Å². The molecule has 4 aliphatic rings. The molecular weight excluding hydrogens is 534 g/mol. The van der Waals surface area contributed by atoms with Crippen LogP contribution < -0.4 is 10.1 Å². The highest BCUT2D eigenvalue weighted by molar-refractivity contribution is 5.94. The number of nitrogens with one attached hydrogen (secondary N) is 1. The van der Waals surface area contributed by atoms with Crippen LogP contribution in [0.25, 0.3) is 0 Å². The quantitative estimate of drug-likeness (QED) is 0.217. The predicted molar refractivity (Wildman–Crippen MR) is 169 cm³/mol. The number of carboxylic acids is 1. The second kappa shape index (κ2) is 13.0. The molecule has 0 spiro atoms. The SMILES string of the molecule is CCCOc1ccc(C[C@@H](CCc2ccccc2)C(=O)O)cc1CNC(=O)c1ccc(C23CC4CC(CC(C4)C2)C3)cc1. The Kier molecular flexibility index (Phi) is 8.88. The monoisotopic (exact) mass is 579 g/mol. The normalized spacial score (nSPS) is 24.4. The summed E-state index contributed by atoms with van der Waals surface area (Å²) >= 11 is 0. The average Bonchev–Trinajstić information content (AvgIpc) is 3.01. The molecule has 5 nitrogen and oxygen atoms in total. The van der Waals surface area contributed by atoms with Crippen LogP contribution in [0.5, 0.6) is 5.75 Å². The molecule has 0 radical (unpaired) electrons. The van der Waals surface area contributed by atoms with E-state index in [9.17, 15) is 14.7 Å². The van der Waals surface area contributed by atoms with Crippen LogP contribution in [0, 0.1) is 23.7 Å². The first-order valence-corrected chi connectivity index (χ1v) is 16.3. The molecule has 4 aliphatic carbocycles. The van der Waals surface area contributed by atoms with Gasteiger partial charge in [-0.2, -0.15) is 0 Å². The molecule has 1 atom stereocenters. The Morgan fingerprint density at radius 2 is 1.58 bits per heavy atom. The van der Waals surface area contributed by atoms with Gasteiger partial charge in [-0.1, -0.05) is 61.5 Å². The van der Waals surface area contributed by atoms with Crippen LogP contribution in [-0.4, -0.2) is 23.6 Å². The number of hydrogen-bond donors (Lipinski definition) is 2. The topological polar surface area (TPSA) is 75.6 Å². The van der Waals surface area contributed by atoms with Gasteiger partial charge in [-0.3, -0.25) is 9.59 Å². The van der Waals surface area contributed by atoms with Crippen molar-refractivity contribution in [2.24, 2.45) is 23.7 Å². The summed E-state index contributed by atoms with van der Waals surface area (Å²) in [6.07, 6.45) is 10.8. The van der Waals surface area contributed by atoms with Crippen molar-refractivity contribution in [2.45, 2.75) is 83.1 Å². The van der Waals surface area contributed by atoms with Gasteiger partial charge in [0, 0.05) is 17.7 Å². The van der Waals surface area contributed by atoms with Gasteiger partial charge in [0.15, 0.2) is 0 Å². The van der Waals surface area contributed by atoms with E-state index in [-0.39, 0.29) is 5.91 Å². The minimum Gasteiger partial charge on any atom is -0.493 e. The lowest BCUT2D eigenvalue weighted by atomic mass is 9.48. The molecule has 0 aromatic heterocycles. The smallest absolute Gasteiger partial charge is 0.306 e. The van der Waals surface area contributed by atoms with Gasteiger partial charge in [0.25, 0.3) is 5.91 Å². The lowest BCUT2D eigenvalue weighted by Gasteiger charge is -2.57. The van der Waals surface area contributed by atoms with Gasteiger partial charge in [0.1, 0.15) is 5.75 Å². The van der Waals surface area contributed by atoms with Crippen molar-refractivity contribution in [3.63, 3.8) is 0 Å². The molecule has 2 N–H and O–H groups in total. The molecule has 0 aliphatic heterocycles. The third-order valence-electron chi connectivity index (χ3n) is 10.3. The van der Waals surface area contributed by atoms with Crippen molar-refractivity contribution in [1.29, 1.82) is 0 Å². The number of aryl methyl sites for hydroxylation is 1. The summed E-state index contributed by atoms with van der Waals surface area (Å²) in [5.41, 5.74) is 5.38. The number of carboxylic acid groups (broad SMARTS) is 1. The molecule has 43 heavy (non-hydrogen) atoms. The van der Waals surface area contributed by atoms with E-state index in [0.717, 1.165) is 53.0 Å². The summed E-state index contributed by atoms with van der Waals surface area (Å²) in [6.45, 7) is 2.97. The Morgan fingerprint density at radius 1 is 0.907 bits per heavy atom. The molecule has 3 aromatic rings. The van der Waals surface area contributed by atoms with Gasteiger partial charge in [-0.05, 0) is 122 Å². The van der Waals surface area contributed by atoms with Crippen molar-refractivity contribution in [1.82, 2.24) is 5.32 Å². The van der Waals surface area contributed by atoms with Gasteiger partial charge in [0.2, 0.25) is 0 Å². The summed E-state index contributed by atoms with van der Waals surface area (Å²) in [7, 11) is 0. The number of aliphatic carboxylic acids is 1. The van der Waals surface area contributed by atoms with Crippen LogP contribution in [0.2, 0.25) is 0 Å². The Balaban J connectivity index is 1.11. The molecule has 3 aromatic carbocycles. The van der Waals surface area contributed by atoms with Gasteiger partial charge in [-0.15, -0.1) is 0 Å². The Morgan fingerprint density at radius 3 is 2.21 bits per heavy atom. The number of amides is 1. The fourth-order valence-electron chi connectivity index (χ4n) is 8.55. The number of carbonyl (C=O) groups is 2. The fourth-order valence-corrected chi connectivity index (χ4v) is 8.55. The second-order valence-corrected chi connectivity index (χ2v) is 13.5. The number of rotatable bonds is 13. The highest BCUT2D eigenvalue weighted by Crippen LogP contribution is 2.60. The summed E-state index contributed by atoms with van der Waals surface area (Å²) in [5.74, 6) is 2.04. The summed E-state index contributed by atoms with van der Waals surface area (Å²) in [4.78, 5) is 25.4. The summed E-state index contributed by atoms with van der Waals surface area (Å²) in [5, 5.41) is 13.0. The van der Waals surface area contributed by atoms with E-state index in [2.05, 4.69) is 24.4 Å². The van der Waals surface area contributed by atoms with Crippen molar-refractivity contribution in [2.75, 3.05) is 6.61 Å². The van der Waals surface area contributed by atoms with E-state index in [0.29, 0.717) is 37.0 Å². The average molecular weight is 580 g/mol. The molecule has 0 saturated heterocycles. The number of benzene rings is 3. The van der Waals surface area contributed by atoms with Crippen LogP contribution in [0.4, 0.5) is 0 Å². The molecule has 1 amide bonds. The van der Waals surface area contributed by atoms with Crippen molar-refractivity contribution in [3.8, 4) is 5.75 Å². The van der Waals surface area contributed by atoms with E-state index in [1.54, 1.807) is 0 Å². The summed E-state index contributed by atoms with van der Waals surface area (Å²) in [6, 6.07) is 24.3. The van der Waals surface area contributed by atoms with Crippen molar-refractivity contribution < 1.29 is 19.4 Å². The largest absolute Gasteiger partial charge is 0.493 e. The van der Waals surface area contributed by atoms with Crippen molar-refractivity contribution in [3.05, 3.63) is 101 Å². The molecule has 226 valence electrons. The number of carbonyl (C=O) groups excluding carboxylic acids is 1. The molecule has 4 saturated carbocycles. The second-order valence-electron chi connectivity index (χ2n) is 13.5. The Labute approximate surface area is 256 Å². The molecule has 5 heteroatoms. The summed E-state index contributed by atoms with van der Waals surface area (Å²) < 4.78 is 6.00. The number of hydrogen-bond acceptors (Lipinski definition) is 3. The van der Waals surface area contributed by atoms with Gasteiger partial charge >= 0.3 is 5.97 Å². The van der Waals surface area contributed by atoms with Gasteiger partial charge in [-0.25, -0.2) is 0 Å². The predicted octanol–water partition coefficient (Wildman–Crippen LogP) is 7.75. The molecule has 4 bridgehead atoms. The molecule has 4 fully saturated rings. The highest BCUT2D eigenvalue weighted by atomic mass is 16.5. The zero-order valence-electron chi connectivity index (χ0n) is 25.4. The maximum absolute atomic E-state index is 13.2. The lowest BCUT2D eigenvalue weighted by molar-refractivity contribution is -0.141. The molecule has 7 rings (SSSR count). The van der Waals surface area contributed by atoms with E-state index in [4.69, 9.17) is 4.74 Å². The minimum absolute atomic E-state index is 0.102. The van der Waals surface area contributed by atoms with Crippen LogP contribution in [0.3, 0.4) is 0 Å². The van der Waals surface area contributed by atoms with E-state index in [1.165, 1.54) is 44.1 Å². The van der Waals surface area contributed by atoms with Crippen LogP contribution in [0.1, 0.15) is 90.9 Å². The van der Waals surface area contributed by atoms with Crippen LogP contribution >= 0.6 is 0 Å². The lowest BCUT2D eigenvalue weighted by Crippen LogP contribution is -2.48. The maximum Gasteiger partial charge on any atom is 0.306 e. The molecular formula is C38H45NO4. The first-order chi connectivity index (χ1) is 20.9. The zero-order valence-corrected chi connectivity index (χ0v) is 25.4. The zero-order chi connectivity index (χ0) is 29.8. The van der Waals surface area contributed by atoms with E-state index >= 15 is 0 Å². The maximum atomic E-state index is 13.2. The van der Waals surface area contributed by atoms with E-state index < -0.39 is 11.9 Å². The molecule has 0 heterocycles. The van der Waals surface area contributed by atoms with Gasteiger partial charge < -0.3 is 15.2 Å². The Hall–Kier alpha value is -3.60. The van der Waals surface area contributed by atoms with Crippen LogP contribution in [0.15, 0.2) is 72.8 Å². The fraction of sp³-hybridized carbons (Fsp3) is 0.474. The highest BCUT2D eigenvalue weighted by Gasteiger charge is 2.51. The van der Waals surface area contributed by atoms with Crippen molar-refractivity contribution >= 4 is 11.9 Å².